The fourth-order valence-electron chi connectivity index (χ4n) is 4.30. The third kappa shape index (κ3) is 4.53. The van der Waals surface area contributed by atoms with Crippen LogP contribution in [0.2, 0.25) is 0 Å². The van der Waals surface area contributed by atoms with Gasteiger partial charge < -0.3 is 24.8 Å². The summed E-state index contributed by atoms with van der Waals surface area (Å²) in [6, 6.07) is 14.2. The van der Waals surface area contributed by atoms with Crippen LogP contribution >= 0.6 is 0 Å². The molecule has 0 radical (unpaired) electrons. The number of aromatic hydroxyl groups is 1. The van der Waals surface area contributed by atoms with Crippen molar-refractivity contribution < 1.29 is 14.6 Å². The van der Waals surface area contributed by atoms with E-state index in [0.29, 0.717) is 17.9 Å². The van der Waals surface area contributed by atoms with Crippen molar-refractivity contribution in [3.05, 3.63) is 48.0 Å². The van der Waals surface area contributed by atoms with E-state index in [1.807, 2.05) is 18.2 Å². The summed E-state index contributed by atoms with van der Waals surface area (Å²) < 4.78 is 11.8. The summed E-state index contributed by atoms with van der Waals surface area (Å²) >= 11 is 0. The molecule has 2 fully saturated rings. The second-order valence-corrected chi connectivity index (χ2v) is 7.83. The number of methoxy groups -OCH3 is 1. The molecular weight excluding hydrogens is 352 g/mol. The molecule has 2 aliphatic rings. The van der Waals surface area contributed by atoms with Crippen molar-refractivity contribution >= 4 is 5.69 Å². The zero-order valence-electron chi connectivity index (χ0n) is 16.6. The molecule has 2 aromatic carbocycles. The van der Waals surface area contributed by atoms with Crippen LogP contribution in [-0.2, 0) is 6.42 Å². The fourth-order valence-corrected chi connectivity index (χ4v) is 4.30. The van der Waals surface area contributed by atoms with Crippen molar-refractivity contribution in [3.8, 4) is 17.2 Å². The van der Waals surface area contributed by atoms with Gasteiger partial charge in [-0.3, -0.25) is 0 Å². The summed E-state index contributed by atoms with van der Waals surface area (Å²) in [5.74, 6) is 1.99. The smallest absolute Gasteiger partial charge is 0.163 e. The average Bonchev–Trinajstić information content (AvgIpc) is 3.21. The standard InChI is InChI=1S/C23H30N2O3/c1-27-22-10-9-19(15-23(22)28-21-7-2-3-8-21)25-12-11-24-18(16-25)13-17-5-4-6-20(26)14-17/h4-6,9-10,14-15,18,21,24,26H,2-3,7-8,11-13,16H2,1H3. The highest BCUT2D eigenvalue weighted by Crippen LogP contribution is 2.35. The van der Waals surface area contributed by atoms with Gasteiger partial charge in [-0.05, 0) is 61.9 Å². The lowest BCUT2D eigenvalue weighted by atomic mass is 10.0. The third-order valence-electron chi connectivity index (χ3n) is 5.76. The maximum atomic E-state index is 9.71. The first-order chi connectivity index (χ1) is 13.7. The minimum absolute atomic E-state index is 0.311. The van der Waals surface area contributed by atoms with Gasteiger partial charge in [-0.2, -0.15) is 0 Å². The SMILES string of the molecule is COc1ccc(N2CCNC(Cc3cccc(O)c3)C2)cc1OC1CCCC1. The van der Waals surface area contributed by atoms with Gasteiger partial charge in [0.25, 0.3) is 0 Å². The largest absolute Gasteiger partial charge is 0.508 e. The Kier molecular flexibility index (Phi) is 5.91. The first kappa shape index (κ1) is 18.9. The lowest BCUT2D eigenvalue weighted by Crippen LogP contribution is -2.51. The van der Waals surface area contributed by atoms with Crippen molar-refractivity contribution in [1.29, 1.82) is 0 Å². The van der Waals surface area contributed by atoms with E-state index in [2.05, 4.69) is 28.4 Å². The van der Waals surface area contributed by atoms with Crippen LogP contribution in [0.1, 0.15) is 31.2 Å². The van der Waals surface area contributed by atoms with Gasteiger partial charge in [-0.25, -0.2) is 0 Å². The fraction of sp³-hybridized carbons (Fsp3) is 0.478. The summed E-state index contributed by atoms with van der Waals surface area (Å²) in [6.07, 6.45) is 5.97. The van der Waals surface area contributed by atoms with E-state index in [-0.39, 0.29) is 0 Å². The van der Waals surface area contributed by atoms with Crippen LogP contribution in [0.5, 0.6) is 17.2 Å². The number of ether oxygens (including phenoxy) is 2. The predicted octanol–water partition coefficient (Wildman–Crippen LogP) is 3.74. The molecule has 5 heteroatoms. The van der Waals surface area contributed by atoms with Crippen molar-refractivity contribution in [2.45, 2.75) is 44.2 Å². The third-order valence-corrected chi connectivity index (χ3v) is 5.76. The Bertz CT molecular complexity index is 789. The Morgan fingerprint density at radius 2 is 1.96 bits per heavy atom. The molecule has 1 aliphatic carbocycles. The van der Waals surface area contributed by atoms with Crippen LogP contribution in [0.3, 0.4) is 0 Å². The zero-order chi connectivity index (χ0) is 19.3. The molecule has 0 amide bonds. The number of phenols is 1. The molecule has 0 aromatic heterocycles. The summed E-state index contributed by atoms with van der Waals surface area (Å²) in [5.41, 5.74) is 2.33. The second kappa shape index (κ2) is 8.74. The van der Waals surface area contributed by atoms with Gasteiger partial charge in [0.05, 0.1) is 13.2 Å². The first-order valence-corrected chi connectivity index (χ1v) is 10.3. The minimum atomic E-state index is 0.311. The normalized spacial score (nSPS) is 20.3. The number of anilines is 1. The number of phenolic OH excluding ortho intramolecular Hbond substituents is 1. The number of rotatable bonds is 6. The summed E-state index contributed by atoms with van der Waals surface area (Å²) in [4.78, 5) is 2.41. The maximum Gasteiger partial charge on any atom is 0.163 e. The molecule has 5 nitrogen and oxygen atoms in total. The Balaban J connectivity index is 1.46. The molecule has 150 valence electrons. The average molecular weight is 383 g/mol. The number of benzene rings is 2. The number of hydrogen-bond donors (Lipinski definition) is 2. The van der Waals surface area contributed by atoms with Crippen LogP contribution < -0.4 is 19.7 Å². The van der Waals surface area contributed by atoms with E-state index in [1.165, 1.54) is 18.5 Å². The highest BCUT2D eigenvalue weighted by atomic mass is 16.5. The molecular formula is C23H30N2O3. The maximum absolute atomic E-state index is 9.71. The molecule has 0 spiro atoms. The lowest BCUT2D eigenvalue weighted by molar-refractivity contribution is 0.201. The quantitative estimate of drug-likeness (QED) is 0.797. The Hall–Kier alpha value is -2.40. The van der Waals surface area contributed by atoms with E-state index in [1.54, 1.807) is 13.2 Å². The minimum Gasteiger partial charge on any atom is -0.508 e. The van der Waals surface area contributed by atoms with Gasteiger partial charge in [0.1, 0.15) is 5.75 Å². The molecule has 2 aromatic rings. The molecule has 1 saturated heterocycles. The molecule has 1 heterocycles. The first-order valence-electron chi connectivity index (χ1n) is 10.3. The van der Waals surface area contributed by atoms with E-state index in [0.717, 1.165) is 56.0 Å². The van der Waals surface area contributed by atoms with Crippen molar-refractivity contribution in [3.63, 3.8) is 0 Å². The van der Waals surface area contributed by atoms with Crippen LogP contribution in [0.4, 0.5) is 5.69 Å². The number of nitrogens with one attached hydrogen (secondary N) is 1. The van der Waals surface area contributed by atoms with Gasteiger partial charge in [0, 0.05) is 37.4 Å². The summed E-state index contributed by atoms with van der Waals surface area (Å²) in [6.45, 7) is 2.82. The monoisotopic (exact) mass is 382 g/mol. The Morgan fingerprint density at radius 1 is 1.11 bits per heavy atom. The molecule has 2 N–H and O–H groups in total. The van der Waals surface area contributed by atoms with Crippen LogP contribution in [0.15, 0.2) is 42.5 Å². The topological polar surface area (TPSA) is 54.0 Å². The molecule has 28 heavy (non-hydrogen) atoms. The van der Waals surface area contributed by atoms with E-state index in [9.17, 15) is 5.11 Å². The molecule has 1 unspecified atom stereocenters. The van der Waals surface area contributed by atoms with E-state index >= 15 is 0 Å². The van der Waals surface area contributed by atoms with Gasteiger partial charge in [-0.1, -0.05) is 12.1 Å². The lowest BCUT2D eigenvalue weighted by Gasteiger charge is -2.35. The number of hydrogen-bond acceptors (Lipinski definition) is 5. The van der Waals surface area contributed by atoms with Gasteiger partial charge in [-0.15, -0.1) is 0 Å². The molecule has 1 atom stereocenters. The van der Waals surface area contributed by atoms with Gasteiger partial charge in [0.15, 0.2) is 11.5 Å². The zero-order valence-corrected chi connectivity index (χ0v) is 16.6. The van der Waals surface area contributed by atoms with E-state index < -0.39 is 0 Å². The molecule has 4 rings (SSSR count). The summed E-state index contributed by atoms with van der Waals surface area (Å²) in [7, 11) is 1.70. The Morgan fingerprint density at radius 3 is 2.75 bits per heavy atom. The highest BCUT2D eigenvalue weighted by Gasteiger charge is 2.23. The second-order valence-electron chi connectivity index (χ2n) is 7.83. The highest BCUT2D eigenvalue weighted by molar-refractivity contribution is 5.57. The molecule has 0 bridgehead atoms. The molecule has 1 aliphatic heterocycles. The predicted molar refractivity (Wildman–Crippen MR) is 112 cm³/mol. The van der Waals surface area contributed by atoms with Crippen LogP contribution in [0.25, 0.3) is 0 Å². The van der Waals surface area contributed by atoms with Gasteiger partial charge in [0.2, 0.25) is 0 Å². The number of piperazine rings is 1. The van der Waals surface area contributed by atoms with Crippen LogP contribution in [-0.4, -0.2) is 44.0 Å². The Labute approximate surface area is 167 Å². The molecule has 1 saturated carbocycles. The van der Waals surface area contributed by atoms with Crippen LogP contribution in [0, 0.1) is 0 Å². The van der Waals surface area contributed by atoms with Crippen molar-refractivity contribution in [2.75, 3.05) is 31.6 Å². The van der Waals surface area contributed by atoms with Crippen molar-refractivity contribution in [1.82, 2.24) is 5.32 Å². The van der Waals surface area contributed by atoms with Gasteiger partial charge >= 0.3 is 0 Å². The van der Waals surface area contributed by atoms with E-state index in [4.69, 9.17) is 9.47 Å². The summed E-state index contributed by atoms with van der Waals surface area (Å²) in [5, 5.41) is 13.3. The number of nitrogens with zero attached hydrogens (tertiary/aromatic N) is 1. The van der Waals surface area contributed by atoms with Crippen molar-refractivity contribution in [2.24, 2.45) is 0 Å².